The lowest BCUT2D eigenvalue weighted by molar-refractivity contribution is 0.0681. The van der Waals surface area contributed by atoms with Crippen LogP contribution in [0.3, 0.4) is 0 Å². The number of benzene rings is 2. The zero-order valence-electron chi connectivity index (χ0n) is 14.5. The highest BCUT2D eigenvalue weighted by Crippen LogP contribution is 2.52. The van der Waals surface area contributed by atoms with Gasteiger partial charge >= 0.3 is 0 Å². The molecule has 0 aromatic heterocycles. The number of hydrogen-bond donors (Lipinski definition) is 0. The maximum absolute atomic E-state index is 14.0. The summed E-state index contributed by atoms with van der Waals surface area (Å²) < 4.78 is 38.9. The minimum atomic E-state index is -0.855. The summed E-state index contributed by atoms with van der Waals surface area (Å²) in [6.45, 7) is 3.76. The van der Waals surface area contributed by atoms with Crippen LogP contribution >= 0.6 is 0 Å². The summed E-state index contributed by atoms with van der Waals surface area (Å²) >= 11 is 0. The molecule has 1 atom stereocenters. The van der Waals surface area contributed by atoms with Crippen molar-refractivity contribution in [2.45, 2.75) is 18.3 Å². The van der Waals surface area contributed by atoms with Crippen LogP contribution in [0.5, 0.6) is 5.75 Å². The average Bonchev–Trinajstić information content (AvgIpc) is 3.16. The molecule has 1 saturated heterocycles. The van der Waals surface area contributed by atoms with Crippen LogP contribution in [0.2, 0.25) is 0 Å². The number of rotatable bonds is 2. The van der Waals surface area contributed by atoms with E-state index in [4.69, 9.17) is 9.47 Å². The van der Waals surface area contributed by atoms with Gasteiger partial charge in [0.2, 0.25) is 0 Å². The van der Waals surface area contributed by atoms with Crippen LogP contribution in [0, 0.1) is 17.6 Å². The monoisotopic (exact) mass is 357 g/mol. The topological polar surface area (TPSA) is 21.7 Å². The Morgan fingerprint density at radius 1 is 1.04 bits per heavy atom. The minimum Gasteiger partial charge on any atom is -0.492 e. The molecule has 0 saturated carbocycles. The van der Waals surface area contributed by atoms with Gasteiger partial charge in [0.1, 0.15) is 12.4 Å². The third-order valence-electron chi connectivity index (χ3n) is 6.05. The normalized spacial score (nSPS) is 24.6. The lowest BCUT2D eigenvalue weighted by Crippen LogP contribution is -2.39. The number of halogens is 2. The summed E-state index contributed by atoms with van der Waals surface area (Å²) in [6, 6.07) is 10.8. The van der Waals surface area contributed by atoms with Gasteiger partial charge in [-0.15, -0.1) is 0 Å². The van der Waals surface area contributed by atoms with E-state index in [2.05, 4.69) is 17.0 Å². The Bertz CT molecular complexity index is 850. The first-order chi connectivity index (χ1) is 12.7. The second-order valence-corrected chi connectivity index (χ2v) is 7.59. The Labute approximate surface area is 151 Å². The summed E-state index contributed by atoms with van der Waals surface area (Å²) in [5.74, 6) is -0.606. The largest absolute Gasteiger partial charge is 0.492 e. The average molecular weight is 357 g/mol. The number of para-hydroxylation sites is 1. The molecule has 1 unspecified atom stereocenters. The lowest BCUT2D eigenvalue weighted by Gasteiger charge is -2.30. The van der Waals surface area contributed by atoms with E-state index in [9.17, 15) is 8.78 Å². The fourth-order valence-electron chi connectivity index (χ4n) is 4.71. The van der Waals surface area contributed by atoms with Crippen LogP contribution in [-0.4, -0.2) is 32.9 Å². The number of nitrogens with zero attached hydrogens (tertiary/aromatic N) is 1. The Balaban J connectivity index is 1.55. The molecule has 1 spiro atoms. The van der Waals surface area contributed by atoms with E-state index in [1.54, 1.807) is 0 Å². The summed E-state index contributed by atoms with van der Waals surface area (Å²) in [5.41, 5.74) is 2.67. The fraction of sp³-hybridized carbons (Fsp3) is 0.429. The maximum atomic E-state index is 14.0. The predicted molar refractivity (Wildman–Crippen MR) is 94.8 cm³/mol. The molecule has 3 nitrogen and oxygen atoms in total. The van der Waals surface area contributed by atoms with E-state index in [1.807, 2.05) is 12.1 Å². The van der Waals surface area contributed by atoms with E-state index in [1.165, 1.54) is 17.8 Å². The molecule has 26 heavy (non-hydrogen) atoms. The predicted octanol–water partition coefficient (Wildman–Crippen LogP) is 3.89. The van der Waals surface area contributed by atoms with Crippen LogP contribution < -0.4 is 9.64 Å². The zero-order chi connectivity index (χ0) is 17.7. The van der Waals surface area contributed by atoms with Crippen molar-refractivity contribution in [1.82, 2.24) is 0 Å². The van der Waals surface area contributed by atoms with Gasteiger partial charge in [-0.05, 0) is 36.5 Å². The van der Waals surface area contributed by atoms with Gasteiger partial charge in [-0.1, -0.05) is 18.2 Å². The third-order valence-corrected chi connectivity index (χ3v) is 6.05. The second-order valence-electron chi connectivity index (χ2n) is 7.59. The first kappa shape index (κ1) is 16.1. The van der Waals surface area contributed by atoms with Gasteiger partial charge in [-0.25, -0.2) is 8.78 Å². The molecule has 0 radical (unpaired) electrons. The molecule has 0 aliphatic carbocycles. The van der Waals surface area contributed by atoms with Crippen LogP contribution in [0.25, 0.3) is 0 Å². The van der Waals surface area contributed by atoms with Crippen molar-refractivity contribution >= 4 is 5.69 Å². The van der Waals surface area contributed by atoms with Crippen LogP contribution in [-0.2, 0) is 10.2 Å². The van der Waals surface area contributed by atoms with Crippen molar-refractivity contribution in [2.75, 3.05) is 37.8 Å². The lowest BCUT2D eigenvalue weighted by atomic mass is 9.78. The van der Waals surface area contributed by atoms with Gasteiger partial charge in [-0.2, -0.15) is 0 Å². The van der Waals surface area contributed by atoms with Gasteiger partial charge in [0.15, 0.2) is 11.6 Å². The van der Waals surface area contributed by atoms with Gasteiger partial charge in [0.25, 0.3) is 0 Å². The zero-order valence-corrected chi connectivity index (χ0v) is 14.5. The maximum Gasteiger partial charge on any atom is 0.162 e. The highest BCUT2D eigenvalue weighted by molar-refractivity contribution is 5.69. The summed E-state index contributed by atoms with van der Waals surface area (Å²) in [5, 5.41) is 0. The van der Waals surface area contributed by atoms with Crippen LogP contribution in [0.1, 0.15) is 24.0 Å². The van der Waals surface area contributed by atoms with E-state index >= 15 is 0 Å². The summed E-state index contributed by atoms with van der Waals surface area (Å²) in [7, 11) is 0. The van der Waals surface area contributed by atoms with Crippen molar-refractivity contribution in [2.24, 2.45) is 5.92 Å². The standard InChI is InChI=1S/C21H21F2NO2/c22-17-9-16-20(10-18(17)23)26-13-21(16)12-24(11-14-5-7-25-8-6-14)19-4-2-1-3-15(19)21/h1-4,9-10,14H,5-8,11-13H2. The molecule has 0 amide bonds. The van der Waals surface area contributed by atoms with E-state index < -0.39 is 17.0 Å². The van der Waals surface area contributed by atoms with Gasteiger partial charge in [0.05, 0.1) is 5.41 Å². The highest BCUT2D eigenvalue weighted by Gasteiger charge is 2.50. The van der Waals surface area contributed by atoms with Crippen molar-refractivity contribution < 1.29 is 18.3 Å². The molecule has 1 fully saturated rings. The van der Waals surface area contributed by atoms with E-state index in [0.29, 0.717) is 18.3 Å². The molecule has 3 heterocycles. The highest BCUT2D eigenvalue weighted by atomic mass is 19.2. The molecule has 136 valence electrons. The molecule has 0 bridgehead atoms. The first-order valence-electron chi connectivity index (χ1n) is 9.22. The Morgan fingerprint density at radius 2 is 1.81 bits per heavy atom. The van der Waals surface area contributed by atoms with E-state index in [-0.39, 0.29) is 0 Å². The smallest absolute Gasteiger partial charge is 0.162 e. The molecule has 5 rings (SSSR count). The molecule has 3 aliphatic rings. The third kappa shape index (κ3) is 2.33. The molecule has 2 aromatic carbocycles. The first-order valence-corrected chi connectivity index (χ1v) is 9.22. The Hall–Kier alpha value is -2.14. The Morgan fingerprint density at radius 3 is 2.65 bits per heavy atom. The van der Waals surface area contributed by atoms with Crippen molar-refractivity contribution in [3.05, 3.63) is 59.2 Å². The fourth-order valence-corrected chi connectivity index (χ4v) is 4.71. The number of anilines is 1. The van der Waals surface area contributed by atoms with Crippen LogP contribution in [0.4, 0.5) is 14.5 Å². The second kappa shape index (κ2) is 5.95. The number of hydrogen-bond acceptors (Lipinski definition) is 3. The number of fused-ring (bicyclic) bond motifs is 4. The van der Waals surface area contributed by atoms with Crippen LogP contribution in [0.15, 0.2) is 36.4 Å². The molecule has 2 aromatic rings. The quantitative estimate of drug-likeness (QED) is 0.814. The molecule has 5 heteroatoms. The minimum absolute atomic E-state index is 0.423. The van der Waals surface area contributed by atoms with Gasteiger partial charge < -0.3 is 14.4 Å². The molecule has 3 aliphatic heterocycles. The number of ether oxygens (including phenoxy) is 2. The van der Waals surface area contributed by atoms with E-state index in [0.717, 1.165) is 50.3 Å². The summed E-state index contributed by atoms with van der Waals surface area (Å²) in [6.07, 6.45) is 2.14. The summed E-state index contributed by atoms with van der Waals surface area (Å²) in [4.78, 5) is 2.39. The SMILES string of the molecule is Fc1cc2c(cc1F)C1(CO2)CN(CC2CCOCC2)c2ccccc21. The van der Waals surface area contributed by atoms with Crippen molar-refractivity contribution in [1.29, 1.82) is 0 Å². The van der Waals surface area contributed by atoms with Gasteiger partial charge in [0, 0.05) is 43.6 Å². The molecule has 0 N–H and O–H groups in total. The Kier molecular flexibility index (Phi) is 3.67. The van der Waals surface area contributed by atoms with Crippen molar-refractivity contribution in [3.63, 3.8) is 0 Å². The molecular formula is C21H21F2NO2. The molecular weight excluding hydrogens is 336 g/mol. The van der Waals surface area contributed by atoms with Gasteiger partial charge in [-0.3, -0.25) is 0 Å². The van der Waals surface area contributed by atoms with Crippen molar-refractivity contribution in [3.8, 4) is 5.75 Å².